The van der Waals surface area contributed by atoms with Gasteiger partial charge in [0.15, 0.2) is 0 Å². The van der Waals surface area contributed by atoms with E-state index in [0.29, 0.717) is 28.0 Å². The van der Waals surface area contributed by atoms with Crippen LogP contribution in [0.1, 0.15) is 45.7 Å². The second kappa shape index (κ2) is 8.15. The zero-order valence-corrected chi connectivity index (χ0v) is 17.0. The van der Waals surface area contributed by atoms with Crippen molar-refractivity contribution >= 4 is 29.1 Å². The Morgan fingerprint density at radius 1 is 1.15 bits per heavy atom. The number of halogens is 2. The summed E-state index contributed by atoms with van der Waals surface area (Å²) in [6, 6.07) is 15.4. The molecule has 140 valence electrons. The Morgan fingerprint density at radius 2 is 1.85 bits per heavy atom. The van der Waals surface area contributed by atoms with Gasteiger partial charge in [-0.05, 0) is 44.0 Å². The fourth-order valence-corrected chi connectivity index (χ4v) is 3.43. The number of carbonyl (C=O) groups excluding carboxylic acids is 1. The SMILES string of the molecule is Cc1ccc(Cn2nc(C)c(C(=O)NC(C)c3cccc(Cl)c3)c2Cl)cc1. The van der Waals surface area contributed by atoms with E-state index in [1.54, 1.807) is 17.7 Å². The number of carbonyl (C=O) groups is 1. The monoisotopic (exact) mass is 401 g/mol. The fourth-order valence-electron chi connectivity index (χ4n) is 2.91. The minimum atomic E-state index is -0.250. The summed E-state index contributed by atoms with van der Waals surface area (Å²) in [7, 11) is 0. The van der Waals surface area contributed by atoms with Gasteiger partial charge in [-0.3, -0.25) is 4.79 Å². The number of aromatic nitrogens is 2. The van der Waals surface area contributed by atoms with Gasteiger partial charge in [-0.25, -0.2) is 4.68 Å². The van der Waals surface area contributed by atoms with E-state index in [4.69, 9.17) is 23.2 Å². The quantitative estimate of drug-likeness (QED) is 0.626. The second-order valence-electron chi connectivity index (χ2n) is 6.64. The van der Waals surface area contributed by atoms with E-state index in [1.165, 1.54) is 5.56 Å². The Balaban J connectivity index is 1.79. The van der Waals surface area contributed by atoms with Gasteiger partial charge >= 0.3 is 0 Å². The lowest BCUT2D eigenvalue weighted by molar-refractivity contribution is 0.0939. The first-order chi connectivity index (χ1) is 12.8. The number of amides is 1. The van der Waals surface area contributed by atoms with Crippen molar-refractivity contribution in [1.82, 2.24) is 15.1 Å². The van der Waals surface area contributed by atoms with Crippen molar-refractivity contribution in [2.45, 2.75) is 33.4 Å². The zero-order valence-electron chi connectivity index (χ0n) is 15.5. The Bertz CT molecular complexity index is 964. The zero-order chi connectivity index (χ0) is 19.6. The van der Waals surface area contributed by atoms with Crippen molar-refractivity contribution in [2.24, 2.45) is 0 Å². The fraction of sp³-hybridized carbons (Fsp3) is 0.238. The molecule has 0 radical (unpaired) electrons. The molecule has 0 saturated carbocycles. The average molecular weight is 402 g/mol. The summed E-state index contributed by atoms with van der Waals surface area (Å²) in [6.45, 7) is 6.25. The normalized spacial score (nSPS) is 12.0. The maximum Gasteiger partial charge on any atom is 0.256 e. The Morgan fingerprint density at radius 3 is 2.52 bits per heavy atom. The summed E-state index contributed by atoms with van der Waals surface area (Å²) in [6.07, 6.45) is 0. The van der Waals surface area contributed by atoms with Crippen molar-refractivity contribution in [2.75, 3.05) is 0 Å². The van der Waals surface area contributed by atoms with Crippen molar-refractivity contribution in [1.29, 1.82) is 0 Å². The third kappa shape index (κ3) is 4.52. The molecule has 0 bridgehead atoms. The summed E-state index contributed by atoms with van der Waals surface area (Å²) in [5.41, 5.74) is 4.19. The van der Waals surface area contributed by atoms with Crippen molar-refractivity contribution in [3.05, 3.63) is 86.7 Å². The lowest BCUT2D eigenvalue weighted by atomic mass is 10.1. The number of benzene rings is 2. The summed E-state index contributed by atoms with van der Waals surface area (Å²) >= 11 is 12.5. The number of rotatable bonds is 5. The molecule has 27 heavy (non-hydrogen) atoms. The Kier molecular flexibility index (Phi) is 5.88. The molecule has 1 N–H and O–H groups in total. The van der Waals surface area contributed by atoms with Crippen LogP contribution >= 0.6 is 23.2 Å². The Hall–Kier alpha value is -2.30. The van der Waals surface area contributed by atoms with Crippen molar-refractivity contribution in [3.63, 3.8) is 0 Å². The molecule has 0 aliphatic heterocycles. The van der Waals surface area contributed by atoms with Crippen LogP contribution in [0.15, 0.2) is 48.5 Å². The first-order valence-electron chi connectivity index (χ1n) is 8.70. The molecule has 0 saturated heterocycles. The predicted octanol–water partition coefficient (Wildman–Crippen LogP) is 5.35. The number of hydrogen-bond acceptors (Lipinski definition) is 2. The lowest BCUT2D eigenvalue weighted by Gasteiger charge is -2.14. The molecule has 1 aromatic heterocycles. The van der Waals surface area contributed by atoms with Gasteiger partial charge in [-0.15, -0.1) is 0 Å². The van der Waals surface area contributed by atoms with Crippen molar-refractivity contribution in [3.8, 4) is 0 Å². The maximum atomic E-state index is 12.8. The van der Waals surface area contributed by atoms with Crippen LogP contribution < -0.4 is 5.32 Å². The van der Waals surface area contributed by atoms with E-state index in [-0.39, 0.29) is 11.9 Å². The lowest BCUT2D eigenvalue weighted by Crippen LogP contribution is -2.27. The van der Waals surface area contributed by atoms with E-state index >= 15 is 0 Å². The molecular formula is C21H21Cl2N3O. The molecule has 0 fully saturated rings. The van der Waals surface area contributed by atoms with E-state index in [2.05, 4.69) is 10.4 Å². The number of nitrogens with zero attached hydrogens (tertiary/aromatic N) is 2. The summed E-state index contributed by atoms with van der Waals surface area (Å²) in [5, 5.41) is 8.39. The summed E-state index contributed by atoms with van der Waals surface area (Å²) in [5.74, 6) is -0.250. The van der Waals surface area contributed by atoms with Gasteiger partial charge in [0.05, 0.1) is 23.8 Å². The molecular weight excluding hydrogens is 381 g/mol. The van der Waals surface area contributed by atoms with Crippen molar-refractivity contribution < 1.29 is 4.79 Å². The first-order valence-corrected chi connectivity index (χ1v) is 9.45. The highest BCUT2D eigenvalue weighted by molar-refractivity contribution is 6.33. The standard InChI is InChI=1S/C21H21Cl2N3O/c1-13-7-9-16(10-8-13)12-26-20(23)19(15(3)25-26)21(27)24-14(2)17-5-4-6-18(22)11-17/h4-11,14H,12H2,1-3H3,(H,24,27). The maximum absolute atomic E-state index is 12.8. The van der Waals surface area contributed by atoms with Crippen LogP contribution in [0.2, 0.25) is 10.2 Å². The van der Waals surface area contributed by atoms with Crippen LogP contribution in [0.4, 0.5) is 0 Å². The molecule has 6 heteroatoms. The second-order valence-corrected chi connectivity index (χ2v) is 7.44. The molecule has 2 aromatic carbocycles. The van der Waals surface area contributed by atoms with Gasteiger partial charge in [-0.1, -0.05) is 65.2 Å². The molecule has 0 aliphatic carbocycles. The molecule has 0 aliphatic rings. The summed E-state index contributed by atoms with van der Waals surface area (Å²) in [4.78, 5) is 12.8. The average Bonchev–Trinajstić information content (AvgIpc) is 2.90. The highest BCUT2D eigenvalue weighted by atomic mass is 35.5. The summed E-state index contributed by atoms with van der Waals surface area (Å²) < 4.78 is 1.65. The molecule has 1 amide bonds. The van der Waals surface area contributed by atoms with Crippen LogP contribution in [-0.4, -0.2) is 15.7 Å². The van der Waals surface area contributed by atoms with Gasteiger partial charge in [0.1, 0.15) is 5.15 Å². The van der Waals surface area contributed by atoms with Gasteiger partial charge < -0.3 is 5.32 Å². The molecule has 1 atom stereocenters. The molecule has 3 rings (SSSR count). The molecule has 0 spiro atoms. The van der Waals surface area contributed by atoms with Crippen LogP contribution in [0.5, 0.6) is 0 Å². The minimum absolute atomic E-state index is 0.202. The number of nitrogens with one attached hydrogen (secondary N) is 1. The van der Waals surface area contributed by atoms with Gasteiger partial charge in [-0.2, -0.15) is 5.10 Å². The smallest absolute Gasteiger partial charge is 0.256 e. The van der Waals surface area contributed by atoms with Gasteiger partial charge in [0.2, 0.25) is 0 Å². The third-order valence-corrected chi connectivity index (χ3v) is 5.06. The van der Waals surface area contributed by atoms with E-state index < -0.39 is 0 Å². The van der Waals surface area contributed by atoms with Crippen LogP contribution in [0.25, 0.3) is 0 Å². The van der Waals surface area contributed by atoms with Crippen LogP contribution in [-0.2, 0) is 6.54 Å². The van der Waals surface area contributed by atoms with Crippen LogP contribution in [0, 0.1) is 13.8 Å². The topological polar surface area (TPSA) is 46.9 Å². The van der Waals surface area contributed by atoms with Gasteiger partial charge in [0, 0.05) is 5.02 Å². The minimum Gasteiger partial charge on any atom is -0.345 e. The first kappa shape index (κ1) is 19.5. The number of aryl methyl sites for hydroxylation is 2. The molecule has 3 aromatic rings. The predicted molar refractivity (Wildman–Crippen MR) is 110 cm³/mol. The number of hydrogen-bond donors (Lipinski definition) is 1. The van der Waals surface area contributed by atoms with Gasteiger partial charge in [0.25, 0.3) is 5.91 Å². The van der Waals surface area contributed by atoms with E-state index in [1.807, 2.05) is 56.3 Å². The van der Waals surface area contributed by atoms with E-state index in [9.17, 15) is 4.79 Å². The highest BCUT2D eigenvalue weighted by Gasteiger charge is 2.22. The highest BCUT2D eigenvalue weighted by Crippen LogP contribution is 2.23. The molecule has 1 unspecified atom stereocenters. The van der Waals surface area contributed by atoms with E-state index in [0.717, 1.165) is 11.1 Å². The largest absolute Gasteiger partial charge is 0.345 e. The molecule has 4 nitrogen and oxygen atoms in total. The molecule has 1 heterocycles. The Labute approximate surface area is 169 Å². The van der Waals surface area contributed by atoms with Crippen LogP contribution in [0.3, 0.4) is 0 Å². The third-order valence-electron chi connectivity index (χ3n) is 4.44.